The molecule has 8 nitrogen and oxygen atoms in total. The number of para-hydroxylation sites is 1. The summed E-state index contributed by atoms with van der Waals surface area (Å²) in [4.78, 5) is 28.8. The second-order valence-electron chi connectivity index (χ2n) is 10.2. The fourth-order valence-electron chi connectivity index (χ4n) is 5.09. The molecule has 3 aromatic rings. The predicted octanol–water partition coefficient (Wildman–Crippen LogP) is 4.80. The highest BCUT2D eigenvalue weighted by Crippen LogP contribution is 2.26. The molecule has 4 rings (SSSR count). The number of hydrogen-bond donors (Lipinski definition) is 1. The van der Waals surface area contributed by atoms with Crippen LogP contribution in [0.15, 0.2) is 89.8 Å². The van der Waals surface area contributed by atoms with Crippen molar-refractivity contribution in [2.24, 2.45) is 0 Å². The lowest BCUT2D eigenvalue weighted by atomic mass is 10.1. The topological polar surface area (TPSA) is 96.0 Å². The van der Waals surface area contributed by atoms with Gasteiger partial charge >= 0.3 is 0 Å². The summed E-state index contributed by atoms with van der Waals surface area (Å²) in [6.45, 7) is 3.85. The summed E-state index contributed by atoms with van der Waals surface area (Å²) < 4.78 is 34.4. The Labute approximate surface area is 243 Å². The van der Waals surface area contributed by atoms with Crippen LogP contribution in [-0.4, -0.2) is 56.9 Å². The van der Waals surface area contributed by atoms with Crippen LogP contribution < -0.4 is 14.4 Å². The summed E-state index contributed by atoms with van der Waals surface area (Å²) in [7, 11) is -4.12. The van der Waals surface area contributed by atoms with Gasteiger partial charge in [-0.05, 0) is 75.1 Å². The monoisotopic (exact) mass is 577 g/mol. The number of rotatable bonds is 13. The van der Waals surface area contributed by atoms with Crippen LogP contribution in [0.4, 0.5) is 5.69 Å². The Kier molecular flexibility index (Phi) is 10.4. The lowest BCUT2D eigenvalue weighted by Gasteiger charge is -2.32. The molecule has 0 aromatic heterocycles. The Morgan fingerprint density at radius 3 is 2.15 bits per heavy atom. The van der Waals surface area contributed by atoms with Gasteiger partial charge < -0.3 is 15.0 Å². The van der Waals surface area contributed by atoms with Crippen molar-refractivity contribution >= 4 is 27.5 Å². The van der Waals surface area contributed by atoms with Crippen molar-refractivity contribution in [3.8, 4) is 5.75 Å². The van der Waals surface area contributed by atoms with Gasteiger partial charge in [0.1, 0.15) is 18.3 Å². The Balaban J connectivity index is 1.61. The van der Waals surface area contributed by atoms with E-state index in [1.54, 1.807) is 49.4 Å². The molecule has 1 atom stereocenters. The second-order valence-corrected chi connectivity index (χ2v) is 12.1. The first-order chi connectivity index (χ1) is 19.8. The molecule has 9 heteroatoms. The average molecular weight is 578 g/mol. The molecule has 3 aromatic carbocycles. The minimum Gasteiger partial charge on any atom is -0.494 e. The summed E-state index contributed by atoms with van der Waals surface area (Å²) in [5.41, 5.74) is 1.39. The maximum Gasteiger partial charge on any atom is 0.264 e. The van der Waals surface area contributed by atoms with E-state index in [1.807, 2.05) is 37.3 Å². The van der Waals surface area contributed by atoms with Crippen LogP contribution in [0.2, 0.25) is 0 Å². The first-order valence-electron chi connectivity index (χ1n) is 14.2. The maximum absolute atomic E-state index is 14.0. The van der Waals surface area contributed by atoms with Crippen molar-refractivity contribution in [2.75, 3.05) is 24.0 Å². The molecule has 1 N–H and O–H groups in total. The van der Waals surface area contributed by atoms with Crippen LogP contribution in [0.1, 0.15) is 45.1 Å². The van der Waals surface area contributed by atoms with Crippen LogP contribution in [0, 0.1) is 0 Å². The van der Waals surface area contributed by atoms with E-state index in [9.17, 15) is 18.0 Å². The molecule has 0 unspecified atom stereocenters. The van der Waals surface area contributed by atoms with Gasteiger partial charge in [-0.3, -0.25) is 13.9 Å². The van der Waals surface area contributed by atoms with Crippen LogP contribution >= 0.6 is 0 Å². The van der Waals surface area contributed by atoms with E-state index in [0.29, 0.717) is 24.5 Å². The quantitative estimate of drug-likeness (QED) is 0.315. The number of anilines is 1. The SMILES string of the molecule is CCOc1ccc(S(=O)(=O)N(CC(=O)N(CCc2ccccc2)[C@H](C)C(=O)NC2CCCC2)c2ccccc2)cc1. The average Bonchev–Trinajstić information content (AvgIpc) is 3.50. The number of ether oxygens (including phenoxy) is 1. The fourth-order valence-corrected chi connectivity index (χ4v) is 6.50. The molecule has 0 saturated heterocycles. The van der Waals surface area contributed by atoms with E-state index >= 15 is 0 Å². The number of amides is 2. The number of carbonyl (C=O) groups is 2. The van der Waals surface area contributed by atoms with Gasteiger partial charge in [0.25, 0.3) is 10.0 Å². The minimum absolute atomic E-state index is 0.0421. The number of hydrogen-bond acceptors (Lipinski definition) is 5. The third kappa shape index (κ3) is 7.88. The van der Waals surface area contributed by atoms with Gasteiger partial charge in [-0.25, -0.2) is 8.42 Å². The predicted molar refractivity (Wildman–Crippen MR) is 160 cm³/mol. The van der Waals surface area contributed by atoms with E-state index in [0.717, 1.165) is 35.6 Å². The molecule has 0 radical (unpaired) electrons. The van der Waals surface area contributed by atoms with Crippen molar-refractivity contribution in [3.05, 3.63) is 90.5 Å². The Bertz CT molecular complexity index is 1380. The first-order valence-corrected chi connectivity index (χ1v) is 15.7. The lowest BCUT2D eigenvalue weighted by molar-refractivity contribution is -0.139. The van der Waals surface area contributed by atoms with E-state index in [1.165, 1.54) is 17.0 Å². The Morgan fingerprint density at radius 2 is 1.54 bits per heavy atom. The van der Waals surface area contributed by atoms with Crippen molar-refractivity contribution in [2.45, 2.75) is 62.9 Å². The fraction of sp³-hybridized carbons (Fsp3) is 0.375. The maximum atomic E-state index is 14.0. The Hall–Kier alpha value is -3.85. The molecule has 2 amide bonds. The van der Waals surface area contributed by atoms with Gasteiger partial charge in [0.2, 0.25) is 11.8 Å². The number of sulfonamides is 1. The second kappa shape index (κ2) is 14.2. The minimum atomic E-state index is -4.12. The summed E-state index contributed by atoms with van der Waals surface area (Å²) in [5, 5.41) is 3.09. The van der Waals surface area contributed by atoms with Crippen LogP contribution in [0.25, 0.3) is 0 Å². The summed E-state index contributed by atoms with van der Waals surface area (Å²) >= 11 is 0. The van der Waals surface area contributed by atoms with Gasteiger partial charge in [-0.1, -0.05) is 61.4 Å². The standard InChI is InChI=1S/C32H39N3O5S/c1-3-40-29-18-20-30(21-19-29)41(38,39)35(28-16-8-5-9-17-28)24-31(36)34(23-22-26-12-6-4-7-13-26)25(2)32(37)33-27-14-10-11-15-27/h4-9,12-13,16-21,25,27H,3,10-11,14-15,22-24H2,1-2H3,(H,33,37)/t25-/m1/s1. The highest BCUT2D eigenvalue weighted by Gasteiger charge is 2.33. The molecule has 0 spiro atoms. The van der Waals surface area contributed by atoms with Gasteiger partial charge in [-0.15, -0.1) is 0 Å². The van der Waals surface area contributed by atoms with Crippen LogP contribution in [-0.2, 0) is 26.0 Å². The molecular weight excluding hydrogens is 538 g/mol. The normalized spacial score (nSPS) is 14.3. The van der Waals surface area contributed by atoms with E-state index in [-0.39, 0.29) is 23.4 Å². The summed E-state index contributed by atoms with van der Waals surface area (Å²) in [6, 6.07) is 23.8. The van der Waals surface area contributed by atoms with E-state index in [4.69, 9.17) is 4.74 Å². The van der Waals surface area contributed by atoms with Gasteiger partial charge in [0, 0.05) is 12.6 Å². The lowest BCUT2D eigenvalue weighted by Crippen LogP contribution is -2.53. The highest BCUT2D eigenvalue weighted by atomic mass is 32.2. The number of carbonyl (C=O) groups excluding carboxylic acids is 2. The van der Waals surface area contributed by atoms with E-state index < -0.39 is 28.5 Å². The van der Waals surface area contributed by atoms with Gasteiger partial charge in [0.15, 0.2) is 0 Å². The van der Waals surface area contributed by atoms with E-state index in [2.05, 4.69) is 5.32 Å². The number of nitrogens with zero attached hydrogens (tertiary/aromatic N) is 2. The van der Waals surface area contributed by atoms with Crippen molar-refractivity contribution < 1.29 is 22.7 Å². The molecule has 0 bridgehead atoms. The number of nitrogens with one attached hydrogen (secondary N) is 1. The molecule has 0 aliphatic heterocycles. The zero-order chi connectivity index (χ0) is 29.2. The molecular formula is C32H39N3O5S. The van der Waals surface area contributed by atoms with Gasteiger partial charge in [-0.2, -0.15) is 0 Å². The molecule has 0 heterocycles. The molecule has 1 saturated carbocycles. The smallest absolute Gasteiger partial charge is 0.264 e. The third-order valence-corrected chi connectivity index (χ3v) is 9.19. The summed E-state index contributed by atoms with van der Waals surface area (Å²) in [5.74, 6) is -0.115. The van der Waals surface area contributed by atoms with Crippen molar-refractivity contribution in [1.82, 2.24) is 10.2 Å². The first kappa shape index (κ1) is 30.1. The van der Waals surface area contributed by atoms with Crippen LogP contribution in [0.5, 0.6) is 5.75 Å². The zero-order valence-corrected chi connectivity index (χ0v) is 24.6. The molecule has 1 aliphatic carbocycles. The van der Waals surface area contributed by atoms with Gasteiger partial charge in [0.05, 0.1) is 17.2 Å². The Morgan fingerprint density at radius 1 is 0.927 bits per heavy atom. The largest absolute Gasteiger partial charge is 0.494 e. The third-order valence-electron chi connectivity index (χ3n) is 7.40. The molecule has 218 valence electrons. The molecule has 1 fully saturated rings. The summed E-state index contributed by atoms with van der Waals surface area (Å²) in [6.07, 6.45) is 4.54. The number of benzene rings is 3. The zero-order valence-electron chi connectivity index (χ0n) is 23.7. The van der Waals surface area contributed by atoms with Crippen molar-refractivity contribution in [3.63, 3.8) is 0 Å². The highest BCUT2D eigenvalue weighted by molar-refractivity contribution is 7.92. The van der Waals surface area contributed by atoms with Crippen molar-refractivity contribution in [1.29, 1.82) is 0 Å². The molecule has 41 heavy (non-hydrogen) atoms. The molecule has 1 aliphatic rings. The van der Waals surface area contributed by atoms with Crippen LogP contribution in [0.3, 0.4) is 0 Å².